The van der Waals surface area contributed by atoms with E-state index in [9.17, 15) is 0 Å². The molecule has 0 fully saturated rings. The normalized spacial score (nSPS) is 12.6. The number of hydrogen-bond donors (Lipinski definition) is 0. The average Bonchev–Trinajstić information content (AvgIpc) is 2.60. The molecule has 0 radical (unpaired) electrons. The van der Waals surface area contributed by atoms with Gasteiger partial charge in [-0.2, -0.15) is 0 Å². The first-order valence-electron chi connectivity index (χ1n) is 10.1. The Hall–Kier alpha value is -1.67. The van der Waals surface area contributed by atoms with Gasteiger partial charge in [-0.1, -0.05) is 65.8 Å². The standard InChI is InChI=1S/C25H36NS/c1-9-26(10-2)21-15-13-19(14-16-21)11-12-20-17-22(24(3,4)5)27-23(18-20)25(6,7)8/h11-18H,9-10H2,1-8H3/q+1. The van der Waals surface area contributed by atoms with Crippen LogP contribution >= 0.6 is 11.3 Å². The third kappa shape index (κ3) is 5.90. The lowest BCUT2D eigenvalue weighted by Gasteiger charge is -2.20. The summed E-state index contributed by atoms with van der Waals surface area (Å²) in [4.78, 5) is 5.25. The van der Waals surface area contributed by atoms with E-state index < -0.39 is 0 Å². The minimum atomic E-state index is 0.167. The maximum absolute atomic E-state index is 2.37. The van der Waals surface area contributed by atoms with Crippen LogP contribution in [0, 0.1) is 0 Å². The van der Waals surface area contributed by atoms with Crippen LogP contribution in [0.25, 0.3) is 12.2 Å². The minimum absolute atomic E-state index is 0.167. The van der Waals surface area contributed by atoms with Crippen LogP contribution in [0.2, 0.25) is 0 Å². The van der Waals surface area contributed by atoms with Gasteiger partial charge in [-0.3, -0.25) is 0 Å². The first-order chi connectivity index (χ1) is 12.5. The lowest BCUT2D eigenvalue weighted by atomic mass is 9.91. The second kappa shape index (κ2) is 8.56. The van der Waals surface area contributed by atoms with Crippen molar-refractivity contribution in [2.45, 2.75) is 66.2 Å². The number of anilines is 1. The maximum Gasteiger partial charge on any atom is 0.219 e. The number of hydrogen-bond acceptors (Lipinski definition) is 1. The van der Waals surface area contributed by atoms with Crippen molar-refractivity contribution in [1.29, 1.82) is 0 Å². The van der Waals surface area contributed by atoms with E-state index >= 15 is 0 Å². The molecule has 1 aromatic carbocycles. The first kappa shape index (κ1) is 21.6. The predicted molar refractivity (Wildman–Crippen MR) is 125 cm³/mol. The van der Waals surface area contributed by atoms with Crippen molar-refractivity contribution in [3.05, 3.63) is 57.3 Å². The van der Waals surface area contributed by atoms with Gasteiger partial charge < -0.3 is 4.90 Å². The van der Waals surface area contributed by atoms with E-state index in [-0.39, 0.29) is 10.8 Å². The molecule has 0 N–H and O–H groups in total. The summed E-state index contributed by atoms with van der Waals surface area (Å²) < 4.78 is 0. The molecule has 1 heterocycles. The first-order valence-corrected chi connectivity index (χ1v) is 10.9. The molecule has 0 aliphatic heterocycles. The minimum Gasteiger partial charge on any atom is -0.372 e. The van der Waals surface area contributed by atoms with Gasteiger partial charge in [0.05, 0.1) is 0 Å². The van der Waals surface area contributed by atoms with E-state index in [1.165, 1.54) is 26.6 Å². The second-order valence-corrected chi connectivity index (χ2v) is 10.3. The van der Waals surface area contributed by atoms with Gasteiger partial charge in [-0.25, -0.2) is 0 Å². The van der Waals surface area contributed by atoms with Crippen LogP contribution in [0.4, 0.5) is 5.69 Å². The topological polar surface area (TPSA) is 3.24 Å². The molecule has 1 aromatic heterocycles. The summed E-state index contributed by atoms with van der Waals surface area (Å²) in [6.07, 6.45) is 4.48. The Balaban J connectivity index is 2.33. The molecule has 1 nitrogen and oxygen atoms in total. The van der Waals surface area contributed by atoms with Crippen LogP contribution in [0.5, 0.6) is 0 Å². The Bertz CT molecular complexity index is 737. The van der Waals surface area contributed by atoms with E-state index in [0.29, 0.717) is 0 Å². The Morgan fingerprint density at radius 1 is 0.741 bits per heavy atom. The van der Waals surface area contributed by atoms with Crippen LogP contribution in [-0.4, -0.2) is 13.1 Å². The largest absolute Gasteiger partial charge is 0.372 e. The molecule has 0 saturated heterocycles. The quantitative estimate of drug-likeness (QED) is 0.480. The second-order valence-electron chi connectivity index (χ2n) is 9.22. The summed E-state index contributed by atoms with van der Waals surface area (Å²) in [7, 11) is 0. The molecule has 27 heavy (non-hydrogen) atoms. The summed E-state index contributed by atoms with van der Waals surface area (Å²) in [6.45, 7) is 20.3. The third-order valence-corrected chi connectivity index (χ3v) is 6.68. The summed E-state index contributed by atoms with van der Waals surface area (Å²) >= 11 is 1.94. The fourth-order valence-electron chi connectivity index (χ4n) is 2.93. The predicted octanol–water partition coefficient (Wildman–Crippen LogP) is 7.64. The monoisotopic (exact) mass is 382 g/mol. The molecular weight excluding hydrogens is 346 g/mol. The van der Waals surface area contributed by atoms with Crippen molar-refractivity contribution in [1.82, 2.24) is 0 Å². The van der Waals surface area contributed by atoms with Crippen LogP contribution in [-0.2, 0) is 10.8 Å². The Morgan fingerprint density at radius 2 is 1.19 bits per heavy atom. The van der Waals surface area contributed by atoms with E-state index in [2.05, 4.69) is 109 Å². The zero-order chi connectivity index (χ0) is 20.2. The zero-order valence-electron chi connectivity index (χ0n) is 18.4. The van der Waals surface area contributed by atoms with Crippen molar-refractivity contribution < 1.29 is 0 Å². The van der Waals surface area contributed by atoms with Gasteiger partial charge in [0.1, 0.15) is 0 Å². The molecule has 0 unspecified atom stereocenters. The van der Waals surface area contributed by atoms with Gasteiger partial charge in [-0.15, -0.1) is 0 Å². The molecule has 0 aliphatic rings. The van der Waals surface area contributed by atoms with Gasteiger partial charge in [0.15, 0.2) is 0 Å². The lowest BCUT2D eigenvalue weighted by Crippen LogP contribution is -2.21. The molecule has 2 aromatic rings. The fraction of sp³-hybridized carbons (Fsp3) is 0.480. The zero-order valence-corrected chi connectivity index (χ0v) is 19.2. The van der Waals surface area contributed by atoms with E-state index in [1.807, 2.05) is 11.3 Å². The van der Waals surface area contributed by atoms with Crippen molar-refractivity contribution in [3.8, 4) is 0 Å². The molecule has 0 bridgehead atoms. The van der Waals surface area contributed by atoms with Crippen molar-refractivity contribution in [2.75, 3.05) is 18.0 Å². The van der Waals surface area contributed by atoms with Gasteiger partial charge in [0, 0.05) is 41.7 Å². The van der Waals surface area contributed by atoms with Crippen LogP contribution < -0.4 is 4.90 Å². The highest BCUT2D eigenvalue weighted by atomic mass is 32.1. The summed E-state index contributed by atoms with van der Waals surface area (Å²) in [5.41, 5.74) is 4.16. The van der Waals surface area contributed by atoms with Gasteiger partial charge in [0.2, 0.25) is 21.1 Å². The van der Waals surface area contributed by atoms with Crippen LogP contribution in [0.3, 0.4) is 0 Å². The highest BCUT2D eigenvalue weighted by Gasteiger charge is 2.31. The summed E-state index contributed by atoms with van der Waals surface area (Å²) in [5.74, 6) is 0. The molecule has 0 spiro atoms. The Kier molecular flexibility index (Phi) is 6.86. The van der Waals surface area contributed by atoms with Gasteiger partial charge >= 0.3 is 0 Å². The number of rotatable bonds is 5. The van der Waals surface area contributed by atoms with Crippen LogP contribution in [0.15, 0.2) is 36.4 Å². The van der Waals surface area contributed by atoms with Crippen LogP contribution in [0.1, 0.15) is 76.3 Å². The highest BCUT2D eigenvalue weighted by molar-refractivity contribution is 7.12. The molecule has 0 aliphatic carbocycles. The van der Waals surface area contributed by atoms with E-state index in [0.717, 1.165) is 13.1 Å². The van der Waals surface area contributed by atoms with Crippen molar-refractivity contribution >= 4 is 29.2 Å². The molecular formula is C25H36NS+. The molecule has 2 heteroatoms. The molecule has 0 saturated carbocycles. The number of benzene rings is 1. The van der Waals surface area contributed by atoms with Gasteiger partial charge in [-0.05, 0) is 37.1 Å². The fourth-order valence-corrected chi connectivity index (χ4v) is 4.17. The smallest absolute Gasteiger partial charge is 0.219 e. The Labute approximate surface area is 170 Å². The number of nitrogens with zero attached hydrogens (tertiary/aromatic N) is 1. The SMILES string of the molecule is CCN(CC)c1ccc(C=Cc2cc(C(C)(C)C)[s+]c(C(C)(C)C)c2)cc1. The molecule has 0 amide bonds. The molecule has 0 atom stereocenters. The van der Waals surface area contributed by atoms with Crippen molar-refractivity contribution in [3.63, 3.8) is 0 Å². The highest BCUT2D eigenvalue weighted by Crippen LogP contribution is 2.35. The average molecular weight is 383 g/mol. The summed E-state index contributed by atoms with van der Waals surface area (Å²) in [6, 6.07) is 13.6. The van der Waals surface area contributed by atoms with E-state index in [1.54, 1.807) is 0 Å². The summed E-state index contributed by atoms with van der Waals surface area (Å²) in [5, 5.41) is 0. The maximum atomic E-state index is 2.37. The molecule has 146 valence electrons. The third-order valence-electron chi connectivity index (χ3n) is 4.78. The Morgan fingerprint density at radius 3 is 1.59 bits per heavy atom. The van der Waals surface area contributed by atoms with Crippen molar-refractivity contribution in [2.24, 2.45) is 0 Å². The lowest BCUT2D eigenvalue weighted by molar-refractivity contribution is 0.593. The molecule has 2 rings (SSSR count). The van der Waals surface area contributed by atoms with Gasteiger partial charge in [0.25, 0.3) is 0 Å². The van der Waals surface area contributed by atoms with E-state index in [4.69, 9.17) is 0 Å².